The van der Waals surface area contributed by atoms with Crippen LogP contribution in [0.3, 0.4) is 0 Å². The summed E-state index contributed by atoms with van der Waals surface area (Å²) in [6, 6.07) is 3.98. The van der Waals surface area contributed by atoms with Crippen molar-refractivity contribution in [2.75, 3.05) is 24.5 Å². The van der Waals surface area contributed by atoms with Crippen molar-refractivity contribution in [2.45, 2.75) is 71.1 Å². The predicted molar refractivity (Wildman–Crippen MR) is 113 cm³/mol. The first kappa shape index (κ1) is 22.4. The Balaban J connectivity index is 1.36. The van der Waals surface area contributed by atoms with Crippen molar-refractivity contribution < 1.29 is 24.5 Å². The number of rotatable bonds is 6. The van der Waals surface area contributed by atoms with Gasteiger partial charge in [-0.1, -0.05) is 27.2 Å². The second-order valence-corrected chi connectivity index (χ2v) is 10.1. The van der Waals surface area contributed by atoms with Crippen LogP contribution < -0.4 is 10.2 Å². The Bertz CT molecular complexity index is 842. The first-order chi connectivity index (χ1) is 14.4. The van der Waals surface area contributed by atoms with Crippen LogP contribution in [-0.2, 0) is 0 Å². The number of pyridine rings is 1. The van der Waals surface area contributed by atoms with E-state index in [9.17, 15) is 9.18 Å². The normalized spacial score (nSPS) is 27.3. The topological polar surface area (TPSA) is 109 Å². The predicted octanol–water partition coefficient (Wildman–Crippen LogP) is 1.41. The van der Waals surface area contributed by atoms with Crippen molar-refractivity contribution in [3.8, 4) is 0 Å². The molecule has 1 saturated carbocycles. The highest BCUT2D eigenvalue weighted by Crippen LogP contribution is 2.63. The monoisotopic (exact) mass is 436 g/mol. The zero-order valence-corrected chi connectivity index (χ0v) is 18.4. The fourth-order valence-corrected chi connectivity index (χ4v) is 5.70. The van der Waals surface area contributed by atoms with Crippen LogP contribution in [0, 0.1) is 16.8 Å². The second-order valence-electron chi connectivity index (χ2n) is 10.1. The summed E-state index contributed by atoms with van der Waals surface area (Å²) in [6.45, 7) is 9.69. The standard InChI is InChI=1S/C22H33FN4O4/c1-4-20(2,3)21-11-15(12-21)27(13-21)14-7-9-26(10-8-14)17-6-5-16(24-18(17)23)19(28)25-22(29,30)31/h5-6,14-15,29-31H,4,7-13H2,1-3H3,(H,25,28). The third-order valence-corrected chi connectivity index (χ3v) is 8.14. The number of nitrogens with zero attached hydrogens (tertiary/aromatic N) is 3. The fourth-order valence-electron chi connectivity index (χ4n) is 5.70. The number of hydrogen-bond donors (Lipinski definition) is 4. The summed E-state index contributed by atoms with van der Waals surface area (Å²) in [5.41, 5.74) is 0.792. The third-order valence-electron chi connectivity index (χ3n) is 8.14. The molecule has 172 valence electrons. The van der Waals surface area contributed by atoms with Gasteiger partial charge in [0.05, 0.1) is 5.69 Å². The molecule has 8 nitrogen and oxygen atoms in total. The first-order valence-corrected chi connectivity index (χ1v) is 11.1. The van der Waals surface area contributed by atoms with Gasteiger partial charge in [-0.2, -0.15) is 4.39 Å². The van der Waals surface area contributed by atoms with Gasteiger partial charge in [-0.25, -0.2) is 4.98 Å². The Morgan fingerprint density at radius 1 is 1.23 bits per heavy atom. The number of anilines is 1. The number of piperidine rings is 1. The molecule has 0 atom stereocenters. The minimum absolute atomic E-state index is 0.326. The van der Waals surface area contributed by atoms with Crippen LogP contribution >= 0.6 is 0 Å². The lowest BCUT2D eigenvalue weighted by Gasteiger charge is -2.49. The van der Waals surface area contributed by atoms with E-state index >= 15 is 0 Å². The lowest BCUT2D eigenvalue weighted by Crippen LogP contribution is -2.48. The molecular formula is C22H33FN4O4. The fraction of sp³-hybridized carbons (Fsp3) is 0.727. The van der Waals surface area contributed by atoms with Gasteiger partial charge >= 0.3 is 6.10 Å². The number of amides is 1. The SMILES string of the molecule is CCC(C)(C)C12CC(C1)N(C1CCN(c3ccc(C(=O)NC(O)(O)O)nc3F)CC1)C2. The Kier molecular flexibility index (Phi) is 5.53. The van der Waals surface area contributed by atoms with Crippen molar-refractivity contribution in [3.05, 3.63) is 23.8 Å². The number of aromatic nitrogens is 1. The maximum Gasteiger partial charge on any atom is 0.369 e. The van der Waals surface area contributed by atoms with E-state index in [0.717, 1.165) is 25.9 Å². The molecule has 5 rings (SSSR count). The molecule has 4 fully saturated rings. The number of fused-ring (bicyclic) bond motifs is 1. The average molecular weight is 437 g/mol. The van der Waals surface area contributed by atoms with Crippen LogP contribution in [0.5, 0.6) is 0 Å². The van der Waals surface area contributed by atoms with Crippen molar-refractivity contribution in [1.29, 1.82) is 0 Å². The van der Waals surface area contributed by atoms with E-state index in [4.69, 9.17) is 15.3 Å². The number of nitrogens with one attached hydrogen (secondary N) is 1. The van der Waals surface area contributed by atoms with Crippen LogP contribution in [-0.4, -0.2) is 68.9 Å². The van der Waals surface area contributed by atoms with Crippen molar-refractivity contribution in [1.82, 2.24) is 15.2 Å². The van der Waals surface area contributed by atoms with Gasteiger partial charge in [0.2, 0.25) is 5.95 Å². The molecule has 3 saturated heterocycles. The molecule has 0 unspecified atom stereocenters. The third kappa shape index (κ3) is 4.04. The molecule has 4 heterocycles. The highest BCUT2D eigenvalue weighted by Gasteiger charge is 2.62. The molecule has 1 aromatic heterocycles. The Morgan fingerprint density at radius 2 is 1.87 bits per heavy atom. The van der Waals surface area contributed by atoms with Crippen molar-refractivity contribution in [2.24, 2.45) is 10.8 Å². The number of carbonyl (C=O) groups is 1. The molecule has 2 bridgehead atoms. The molecule has 31 heavy (non-hydrogen) atoms. The maximum atomic E-state index is 14.6. The van der Waals surface area contributed by atoms with Gasteiger partial charge in [0.15, 0.2) is 0 Å². The summed E-state index contributed by atoms with van der Waals surface area (Å²) in [5.74, 6) is -1.88. The quantitative estimate of drug-likeness (QED) is 0.394. The van der Waals surface area contributed by atoms with Gasteiger partial charge in [-0.15, -0.1) is 0 Å². The largest absolute Gasteiger partial charge is 0.369 e. The highest BCUT2D eigenvalue weighted by atomic mass is 19.1. The Labute approximate surface area is 182 Å². The van der Waals surface area contributed by atoms with E-state index < -0.39 is 18.0 Å². The van der Waals surface area contributed by atoms with E-state index in [-0.39, 0.29) is 5.69 Å². The van der Waals surface area contributed by atoms with Crippen LogP contribution in [0.2, 0.25) is 0 Å². The molecule has 3 aliphatic heterocycles. The first-order valence-electron chi connectivity index (χ1n) is 11.1. The smallest absolute Gasteiger partial charge is 0.368 e. The zero-order valence-electron chi connectivity index (χ0n) is 18.4. The number of carbonyl (C=O) groups excluding carboxylic acids is 1. The van der Waals surface area contributed by atoms with Crippen molar-refractivity contribution in [3.63, 3.8) is 0 Å². The minimum Gasteiger partial charge on any atom is -0.368 e. The summed E-state index contributed by atoms with van der Waals surface area (Å²) in [6.07, 6.45) is 2.34. The van der Waals surface area contributed by atoms with E-state index in [1.807, 2.05) is 4.90 Å². The van der Waals surface area contributed by atoms with Gasteiger partial charge in [0, 0.05) is 31.7 Å². The van der Waals surface area contributed by atoms with Crippen LogP contribution in [0.1, 0.15) is 63.4 Å². The van der Waals surface area contributed by atoms with Crippen molar-refractivity contribution >= 4 is 11.6 Å². The van der Waals surface area contributed by atoms with Gasteiger partial charge in [0.1, 0.15) is 5.69 Å². The summed E-state index contributed by atoms with van der Waals surface area (Å²) in [7, 11) is 0. The highest BCUT2D eigenvalue weighted by molar-refractivity contribution is 5.92. The van der Waals surface area contributed by atoms with Gasteiger partial charge in [-0.3, -0.25) is 15.0 Å². The molecule has 1 aliphatic carbocycles. The minimum atomic E-state index is -3.38. The average Bonchev–Trinajstić information content (AvgIpc) is 3.25. The summed E-state index contributed by atoms with van der Waals surface area (Å²) < 4.78 is 14.6. The maximum absolute atomic E-state index is 14.6. The summed E-state index contributed by atoms with van der Waals surface area (Å²) in [5, 5.41) is 28.0. The summed E-state index contributed by atoms with van der Waals surface area (Å²) in [4.78, 5) is 20.1. The molecule has 0 radical (unpaired) electrons. The van der Waals surface area contributed by atoms with Crippen LogP contribution in [0.4, 0.5) is 10.1 Å². The molecule has 1 amide bonds. The van der Waals surface area contributed by atoms with E-state index in [1.165, 1.54) is 43.3 Å². The van der Waals surface area contributed by atoms with Gasteiger partial charge in [-0.05, 0) is 48.6 Å². The molecule has 4 N–H and O–H groups in total. The van der Waals surface area contributed by atoms with E-state index in [0.29, 0.717) is 28.6 Å². The molecule has 4 aliphatic rings. The number of halogens is 1. The molecular weight excluding hydrogens is 403 g/mol. The van der Waals surface area contributed by atoms with Crippen LogP contribution in [0.25, 0.3) is 0 Å². The number of hydrogen-bond acceptors (Lipinski definition) is 7. The lowest BCUT2D eigenvalue weighted by atomic mass is 9.54. The molecule has 0 aromatic carbocycles. The Morgan fingerprint density at radius 3 is 2.42 bits per heavy atom. The molecule has 0 spiro atoms. The van der Waals surface area contributed by atoms with Crippen LogP contribution in [0.15, 0.2) is 12.1 Å². The zero-order chi connectivity index (χ0) is 22.6. The molecule has 9 heteroatoms. The second kappa shape index (κ2) is 7.65. The lowest BCUT2D eigenvalue weighted by molar-refractivity contribution is -0.323. The Hall–Kier alpha value is -1.81. The van der Waals surface area contributed by atoms with Gasteiger partial charge in [0.25, 0.3) is 5.91 Å². The van der Waals surface area contributed by atoms with Gasteiger partial charge < -0.3 is 20.2 Å². The van der Waals surface area contributed by atoms with E-state index in [2.05, 4.69) is 30.7 Å². The number of aliphatic hydroxyl groups is 3. The molecule has 1 aromatic rings. The van der Waals surface area contributed by atoms with E-state index in [1.54, 1.807) is 0 Å². The summed E-state index contributed by atoms with van der Waals surface area (Å²) >= 11 is 0.